The van der Waals surface area contributed by atoms with E-state index >= 15 is 0 Å². The summed E-state index contributed by atoms with van der Waals surface area (Å²) in [4.78, 5) is 19.7. The van der Waals surface area contributed by atoms with Crippen LogP contribution in [0, 0.1) is 12.3 Å². The molecule has 1 heterocycles. The van der Waals surface area contributed by atoms with Gasteiger partial charge in [-0.15, -0.1) is 0 Å². The van der Waals surface area contributed by atoms with Gasteiger partial charge >= 0.3 is 0 Å². The van der Waals surface area contributed by atoms with Crippen molar-refractivity contribution in [2.24, 2.45) is 5.41 Å². The van der Waals surface area contributed by atoms with Gasteiger partial charge in [-0.25, -0.2) is 4.98 Å². The standard InChI is InChI=1S/C18H25N3O/c1-12-11-19-16(20-12)13(2)21-17(22)15-8-6-14(7-9-15)10-18(3,4)5/h6-9,11,13H,10H2,1-5H3,(H,19,20)(H,21,22). The number of nitrogens with one attached hydrogen (secondary N) is 2. The van der Waals surface area contributed by atoms with E-state index in [1.807, 2.05) is 38.1 Å². The fraction of sp³-hybridized carbons (Fsp3) is 0.444. The molecule has 0 saturated heterocycles. The molecule has 1 atom stereocenters. The first-order chi connectivity index (χ1) is 10.2. The van der Waals surface area contributed by atoms with Crippen LogP contribution in [0.1, 0.15) is 61.2 Å². The maximum Gasteiger partial charge on any atom is 0.251 e. The highest BCUT2D eigenvalue weighted by Gasteiger charge is 2.15. The third-order valence-corrected chi connectivity index (χ3v) is 3.43. The Kier molecular flexibility index (Phi) is 4.69. The van der Waals surface area contributed by atoms with Crippen LogP contribution >= 0.6 is 0 Å². The SMILES string of the molecule is Cc1cnc(C(C)NC(=O)c2ccc(CC(C)(C)C)cc2)[nH]1. The number of hydrogen-bond acceptors (Lipinski definition) is 2. The Bertz CT molecular complexity index is 635. The fourth-order valence-corrected chi connectivity index (χ4v) is 2.39. The topological polar surface area (TPSA) is 57.8 Å². The number of aromatic amines is 1. The molecule has 22 heavy (non-hydrogen) atoms. The Morgan fingerprint density at radius 3 is 2.41 bits per heavy atom. The summed E-state index contributed by atoms with van der Waals surface area (Å²) in [6, 6.07) is 7.69. The lowest BCUT2D eigenvalue weighted by Gasteiger charge is -2.18. The summed E-state index contributed by atoms with van der Waals surface area (Å²) in [6.45, 7) is 10.5. The molecule has 1 aromatic carbocycles. The molecule has 1 aromatic heterocycles. The highest BCUT2D eigenvalue weighted by molar-refractivity contribution is 5.94. The van der Waals surface area contributed by atoms with Crippen LogP contribution in [0.15, 0.2) is 30.5 Å². The van der Waals surface area contributed by atoms with E-state index in [4.69, 9.17) is 0 Å². The summed E-state index contributed by atoms with van der Waals surface area (Å²) < 4.78 is 0. The molecule has 0 radical (unpaired) electrons. The van der Waals surface area contributed by atoms with Crippen molar-refractivity contribution >= 4 is 5.91 Å². The fourth-order valence-electron chi connectivity index (χ4n) is 2.39. The molecule has 0 saturated carbocycles. The third-order valence-electron chi connectivity index (χ3n) is 3.43. The predicted octanol–water partition coefficient (Wildman–Crippen LogP) is 3.80. The number of hydrogen-bond donors (Lipinski definition) is 2. The summed E-state index contributed by atoms with van der Waals surface area (Å²) in [6.07, 6.45) is 2.76. The number of rotatable bonds is 4. The third kappa shape index (κ3) is 4.45. The average Bonchev–Trinajstić information content (AvgIpc) is 2.84. The highest BCUT2D eigenvalue weighted by Crippen LogP contribution is 2.20. The van der Waals surface area contributed by atoms with E-state index in [-0.39, 0.29) is 17.4 Å². The number of aryl methyl sites for hydroxylation is 1. The largest absolute Gasteiger partial charge is 0.344 e. The maximum atomic E-state index is 12.3. The van der Waals surface area contributed by atoms with Crippen LogP contribution in [-0.2, 0) is 6.42 Å². The first-order valence-corrected chi connectivity index (χ1v) is 7.66. The van der Waals surface area contributed by atoms with Crippen LogP contribution in [0.4, 0.5) is 0 Å². The molecular weight excluding hydrogens is 274 g/mol. The van der Waals surface area contributed by atoms with E-state index < -0.39 is 0 Å². The van der Waals surface area contributed by atoms with E-state index in [0.717, 1.165) is 17.9 Å². The summed E-state index contributed by atoms with van der Waals surface area (Å²) in [5.74, 6) is 0.694. The molecule has 2 rings (SSSR count). The molecule has 0 fully saturated rings. The van der Waals surface area contributed by atoms with Crippen LogP contribution in [-0.4, -0.2) is 15.9 Å². The van der Waals surface area contributed by atoms with Crippen LogP contribution in [0.2, 0.25) is 0 Å². The van der Waals surface area contributed by atoms with Gasteiger partial charge in [0.05, 0.1) is 6.04 Å². The van der Waals surface area contributed by atoms with Gasteiger partial charge in [0.25, 0.3) is 5.91 Å². The lowest BCUT2D eigenvalue weighted by molar-refractivity contribution is 0.0938. The van der Waals surface area contributed by atoms with Crippen LogP contribution in [0.5, 0.6) is 0 Å². The molecular formula is C18H25N3O. The molecule has 118 valence electrons. The summed E-state index contributed by atoms with van der Waals surface area (Å²) in [7, 11) is 0. The van der Waals surface area contributed by atoms with Gasteiger partial charge in [-0.3, -0.25) is 4.79 Å². The summed E-state index contributed by atoms with van der Waals surface area (Å²) in [5, 5.41) is 2.96. The lowest BCUT2D eigenvalue weighted by Crippen LogP contribution is -2.27. The van der Waals surface area contributed by atoms with Gasteiger partial charge in [0.2, 0.25) is 0 Å². The van der Waals surface area contributed by atoms with E-state index in [0.29, 0.717) is 5.56 Å². The Balaban J connectivity index is 2.00. The maximum absolute atomic E-state index is 12.3. The van der Waals surface area contributed by atoms with Gasteiger partial charge in [-0.1, -0.05) is 32.9 Å². The number of imidazole rings is 1. The first kappa shape index (κ1) is 16.3. The zero-order chi connectivity index (χ0) is 16.3. The van der Waals surface area contributed by atoms with Crippen molar-refractivity contribution < 1.29 is 4.79 Å². The van der Waals surface area contributed by atoms with Crippen molar-refractivity contribution in [2.75, 3.05) is 0 Å². The molecule has 0 aliphatic heterocycles. The second kappa shape index (κ2) is 6.34. The van der Waals surface area contributed by atoms with Gasteiger partial charge in [0, 0.05) is 17.5 Å². The Morgan fingerprint density at radius 2 is 1.91 bits per heavy atom. The monoisotopic (exact) mass is 299 g/mol. The van der Waals surface area contributed by atoms with Crippen LogP contribution in [0.3, 0.4) is 0 Å². The minimum absolute atomic E-state index is 0.0798. The lowest BCUT2D eigenvalue weighted by atomic mass is 9.88. The van der Waals surface area contributed by atoms with E-state index in [2.05, 4.69) is 36.1 Å². The Labute approximate surface area is 132 Å². The van der Waals surface area contributed by atoms with Gasteiger partial charge in [0.15, 0.2) is 0 Å². The van der Waals surface area contributed by atoms with Gasteiger partial charge < -0.3 is 10.3 Å². The van der Waals surface area contributed by atoms with Gasteiger partial charge in [-0.2, -0.15) is 0 Å². The van der Waals surface area contributed by atoms with Crippen LogP contribution in [0.25, 0.3) is 0 Å². The number of amides is 1. The smallest absolute Gasteiger partial charge is 0.251 e. The van der Waals surface area contributed by atoms with Crippen molar-refractivity contribution in [2.45, 2.75) is 47.1 Å². The normalized spacial score (nSPS) is 13.0. The van der Waals surface area contributed by atoms with Gasteiger partial charge in [-0.05, 0) is 43.4 Å². The second-order valence-electron chi connectivity index (χ2n) is 7.08. The predicted molar refractivity (Wildman–Crippen MR) is 88.8 cm³/mol. The van der Waals surface area contributed by atoms with Crippen molar-refractivity contribution in [3.63, 3.8) is 0 Å². The zero-order valence-corrected chi connectivity index (χ0v) is 14.0. The van der Waals surface area contributed by atoms with E-state index in [1.54, 1.807) is 6.20 Å². The molecule has 0 aliphatic rings. The number of benzene rings is 1. The molecule has 0 spiro atoms. The van der Waals surface area contributed by atoms with Crippen molar-refractivity contribution in [1.29, 1.82) is 0 Å². The zero-order valence-electron chi connectivity index (χ0n) is 14.0. The molecule has 1 amide bonds. The molecule has 1 unspecified atom stereocenters. The number of carbonyl (C=O) groups excluding carboxylic acids is 1. The molecule has 4 nitrogen and oxygen atoms in total. The average molecular weight is 299 g/mol. The Morgan fingerprint density at radius 1 is 1.27 bits per heavy atom. The van der Waals surface area contributed by atoms with Gasteiger partial charge in [0.1, 0.15) is 5.82 Å². The quantitative estimate of drug-likeness (QED) is 0.902. The highest BCUT2D eigenvalue weighted by atomic mass is 16.1. The number of aromatic nitrogens is 2. The molecule has 0 bridgehead atoms. The summed E-state index contributed by atoms with van der Waals surface area (Å²) >= 11 is 0. The minimum atomic E-state index is -0.143. The number of carbonyl (C=O) groups is 1. The second-order valence-corrected chi connectivity index (χ2v) is 7.08. The van der Waals surface area contributed by atoms with Crippen molar-refractivity contribution in [1.82, 2.24) is 15.3 Å². The van der Waals surface area contributed by atoms with Crippen LogP contribution < -0.4 is 5.32 Å². The first-order valence-electron chi connectivity index (χ1n) is 7.66. The number of H-pyrrole nitrogens is 1. The number of nitrogens with zero attached hydrogens (tertiary/aromatic N) is 1. The van der Waals surface area contributed by atoms with Crippen molar-refractivity contribution in [3.05, 3.63) is 53.1 Å². The molecule has 2 aromatic rings. The Hall–Kier alpha value is -2.10. The van der Waals surface area contributed by atoms with E-state index in [1.165, 1.54) is 5.56 Å². The minimum Gasteiger partial charge on any atom is -0.344 e. The molecule has 0 aliphatic carbocycles. The van der Waals surface area contributed by atoms with E-state index in [9.17, 15) is 4.79 Å². The molecule has 2 N–H and O–H groups in total. The summed E-state index contributed by atoms with van der Waals surface area (Å²) in [5.41, 5.74) is 3.16. The van der Waals surface area contributed by atoms with Crippen molar-refractivity contribution in [3.8, 4) is 0 Å². The molecule has 4 heteroatoms.